The minimum absolute atomic E-state index is 0.0417. The third-order valence-electron chi connectivity index (χ3n) is 1.11. The van der Waals surface area contributed by atoms with Crippen molar-refractivity contribution >= 4 is 33.8 Å². The van der Waals surface area contributed by atoms with E-state index in [4.69, 9.17) is 0 Å². The lowest BCUT2D eigenvalue weighted by Crippen LogP contribution is -2.09. The molecule has 1 N–H and O–H groups in total. The minimum atomic E-state index is -0.0417. The minimum Gasteiger partial charge on any atom is -0.296 e. The number of rotatable bonds is 2. The molecule has 0 aliphatic carbocycles. The van der Waals surface area contributed by atoms with Crippen molar-refractivity contribution in [3.63, 3.8) is 0 Å². The molecule has 1 rings (SSSR count). The van der Waals surface area contributed by atoms with E-state index in [9.17, 15) is 4.79 Å². The highest BCUT2D eigenvalue weighted by atomic mass is 79.9. The van der Waals surface area contributed by atoms with Crippen LogP contribution >= 0.6 is 27.9 Å². The zero-order valence-electron chi connectivity index (χ0n) is 6.50. The fraction of sp³-hybridized carbons (Fsp3) is 0.125. The van der Waals surface area contributed by atoms with Crippen LogP contribution in [0.25, 0.3) is 0 Å². The first-order chi connectivity index (χ1) is 5.68. The van der Waals surface area contributed by atoms with Crippen LogP contribution in [-0.4, -0.2) is 5.91 Å². The summed E-state index contributed by atoms with van der Waals surface area (Å²) in [5.74, 6) is -0.0417. The van der Waals surface area contributed by atoms with E-state index in [0.717, 1.165) is 9.37 Å². The van der Waals surface area contributed by atoms with Gasteiger partial charge in [0.15, 0.2) is 0 Å². The van der Waals surface area contributed by atoms with Crippen molar-refractivity contribution in [1.82, 2.24) is 4.72 Å². The second-order valence-corrected chi connectivity index (χ2v) is 4.01. The average molecular weight is 246 g/mol. The maximum atomic E-state index is 10.6. The monoisotopic (exact) mass is 245 g/mol. The summed E-state index contributed by atoms with van der Waals surface area (Å²) < 4.78 is 3.66. The standard InChI is InChI=1S/C8H8BrNOS/c1-6(11)10-12-8-4-2-3-7(9)5-8/h2-5H,1H3,(H,10,11). The van der Waals surface area contributed by atoms with Gasteiger partial charge in [0.25, 0.3) is 0 Å². The molecule has 0 heterocycles. The number of benzene rings is 1. The number of amides is 1. The number of hydrogen-bond donors (Lipinski definition) is 1. The van der Waals surface area contributed by atoms with Gasteiger partial charge in [-0.2, -0.15) is 0 Å². The van der Waals surface area contributed by atoms with Crippen molar-refractivity contribution in [3.05, 3.63) is 28.7 Å². The van der Waals surface area contributed by atoms with Gasteiger partial charge in [-0.1, -0.05) is 22.0 Å². The fourth-order valence-electron chi connectivity index (χ4n) is 0.661. The van der Waals surface area contributed by atoms with Gasteiger partial charge in [0.2, 0.25) is 5.91 Å². The Morgan fingerprint density at radius 3 is 2.92 bits per heavy atom. The second kappa shape index (κ2) is 4.52. The molecule has 0 unspecified atom stereocenters. The van der Waals surface area contributed by atoms with Crippen LogP contribution in [0.2, 0.25) is 0 Å². The van der Waals surface area contributed by atoms with E-state index in [1.165, 1.54) is 18.9 Å². The molecule has 0 atom stereocenters. The average Bonchev–Trinajstić information content (AvgIpc) is 2.01. The molecule has 0 aliphatic rings. The van der Waals surface area contributed by atoms with Gasteiger partial charge in [0, 0.05) is 16.3 Å². The molecule has 0 bridgehead atoms. The molecule has 0 aromatic heterocycles. The summed E-state index contributed by atoms with van der Waals surface area (Å²) in [6, 6.07) is 7.75. The second-order valence-electron chi connectivity index (χ2n) is 2.22. The Morgan fingerprint density at radius 1 is 1.58 bits per heavy atom. The van der Waals surface area contributed by atoms with Crippen molar-refractivity contribution in [2.45, 2.75) is 11.8 Å². The van der Waals surface area contributed by atoms with Gasteiger partial charge in [0.1, 0.15) is 0 Å². The number of carbonyl (C=O) groups excluding carboxylic acids is 1. The van der Waals surface area contributed by atoms with Crippen molar-refractivity contribution in [1.29, 1.82) is 0 Å². The maximum absolute atomic E-state index is 10.6. The van der Waals surface area contributed by atoms with Crippen LogP contribution in [0.1, 0.15) is 6.92 Å². The number of halogens is 1. The van der Waals surface area contributed by atoms with Crippen LogP contribution in [0.3, 0.4) is 0 Å². The first-order valence-corrected chi connectivity index (χ1v) is 4.98. The Balaban J connectivity index is 2.57. The highest BCUT2D eigenvalue weighted by molar-refractivity contribution is 9.10. The van der Waals surface area contributed by atoms with Crippen LogP contribution in [0.4, 0.5) is 0 Å². The SMILES string of the molecule is CC(=O)NSc1cccc(Br)c1. The van der Waals surface area contributed by atoms with Gasteiger partial charge in [-0.05, 0) is 30.1 Å². The number of nitrogens with one attached hydrogen (secondary N) is 1. The van der Waals surface area contributed by atoms with Gasteiger partial charge in [0.05, 0.1) is 0 Å². The lowest BCUT2D eigenvalue weighted by molar-refractivity contribution is -0.117. The van der Waals surface area contributed by atoms with E-state index >= 15 is 0 Å². The molecule has 1 amide bonds. The van der Waals surface area contributed by atoms with Crippen molar-refractivity contribution in [2.75, 3.05) is 0 Å². The van der Waals surface area contributed by atoms with Gasteiger partial charge in [-0.3, -0.25) is 9.52 Å². The smallest absolute Gasteiger partial charge is 0.226 e. The van der Waals surface area contributed by atoms with Crippen LogP contribution in [-0.2, 0) is 4.79 Å². The molecule has 0 aliphatic heterocycles. The van der Waals surface area contributed by atoms with E-state index in [1.807, 2.05) is 24.3 Å². The van der Waals surface area contributed by atoms with Crippen molar-refractivity contribution < 1.29 is 4.79 Å². The fourth-order valence-corrected chi connectivity index (χ4v) is 1.81. The Kier molecular flexibility index (Phi) is 3.62. The first kappa shape index (κ1) is 9.61. The molecular weight excluding hydrogens is 238 g/mol. The summed E-state index contributed by atoms with van der Waals surface area (Å²) in [6.07, 6.45) is 0. The lowest BCUT2D eigenvalue weighted by atomic mass is 10.4. The maximum Gasteiger partial charge on any atom is 0.226 e. The molecule has 0 saturated carbocycles. The largest absolute Gasteiger partial charge is 0.296 e. The van der Waals surface area contributed by atoms with Gasteiger partial charge >= 0.3 is 0 Å². The molecule has 4 heteroatoms. The summed E-state index contributed by atoms with van der Waals surface area (Å²) in [5, 5.41) is 0. The van der Waals surface area contributed by atoms with E-state index in [-0.39, 0.29) is 5.91 Å². The molecular formula is C8H8BrNOS. The van der Waals surface area contributed by atoms with Gasteiger partial charge in [-0.25, -0.2) is 0 Å². The highest BCUT2D eigenvalue weighted by Gasteiger charge is 1.95. The quantitative estimate of drug-likeness (QED) is 0.812. The predicted molar refractivity (Wildman–Crippen MR) is 53.8 cm³/mol. The van der Waals surface area contributed by atoms with Crippen molar-refractivity contribution in [2.24, 2.45) is 0 Å². The molecule has 0 radical (unpaired) electrons. The molecule has 0 saturated heterocycles. The van der Waals surface area contributed by atoms with Crippen LogP contribution < -0.4 is 4.72 Å². The Labute approximate surface area is 84.0 Å². The van der Waals surface area contributed by atoms with E-state index in [0.29, 0.717) is 0 Å². The summed E-state index contributed by atoms with van der Waals surface area (Å²) in [4.78, 5) is 11.6. The number of carbonyl (C=O) groups is 1. The number of hydrogen-bond acceptors (Lipinski definition) is 2. The Hall–Kier alpha value is -0.480. The van der Waals surface area contributed by atoms with Crippen molar-refractivity contribution in [3.8, 4) is 0 Å². The highest BCUT2D eigenvalue weighted by Crippen LogP contribution is 2.19. The summed E-state index contributed by atoms with van der Waals surface area (Å²) in [7, 11) is 0. The summed E-state index contributed by atoms with van der Waals surface area (Å²) in [5.41, 5.74) is 0. The topological polar surface area (TPSA) is 29.1 Å². The molecule has 12 heavy (non-hydrogen) atoms. The van der Waals surface area contributed by atoms with Gasteiger partial charge in [-0.15, -0.1) is 0 Å². The molecule has 0 fully saturated rings. The molecule has 1 aromatic rings. The Bertz CT molecular complexity index is 290. The first-order valence-electron chi connectivity index (χ1n) is 3.37. The molecule has 2 nitrogen and oxygen atoms in total. The molecule has 0 spiro atoms. The predicted octanol–water partition coefficient (Wildman–Crippen LogP) is 2.59. The molecule has 64 valence electrons. The normalized spacial score (nSPS) is 9.50. The third-order valence-corrected chi connectivity index (χ3v) is 2.48. The summed E-state index contributed by atoms with van der Waals surface area (Å²) in [6.45, 7) is 1.49. The third kappa shape index (κ3) is 3.28. The Morgan fingerprint density at radius 2 is 2.33 bits per heavy atom. The summed E-state index contributed by atoms with van der Waals surface area (Å²) >= 11 is 4.66. The van der Waals surface area contributed by atoms with Crippen LogP contribution in [0.15, 0.2) is 33.6 Å². The molecule has 1 aromatic carbocycles. The van der Waals surface area contributed by atoms with Crippen LogP contribution in [0.5, 0.6) is 0 Å². The zero-order valence-corrected chi connectivity index (χ0v) is 8.91. The van der Waals surface area contributed by atoms with E-state index in [2.05, 4.69) is 20.7 Å². The van der Waals surface area contributed by atoms with E-state index < -0.39 is 0 Å². The van der Waals surface area contributed by atoms with Gasteiger partial charge < -0.3 is 0 Å². The van der Waals surface area contributed by atoms with E-state index in [1.54, 1.807) is 0 Å². The zero-order chi connectivity index (χ0) is 8.97. The lowest BCUT2D eigenvalue weighted by Gasteiger charge is -2.00. The van der Waals surface area contributed by atoms with Crippen LogP contribution in [0, 0.1) is 0 Å².